The molecule has 0 aliphatic rings. The van der Waals surface area contributed by atoms with Crippen molar-refractivity contribution in [2.45, 2.75) is 13.1 Å². The Morgan fingerprint density at radius 3 is 2.57 bits per heavy atom. The molecule has 3 rings (SSSR count). The summed E-state index contributed by atoms with van der Waals surface area (Å²) in [7, 11) is 0. The zero-order valence-corrected chi connectivity index (χ0v) is 11.7. The zero-order chi connectivity index (χ0) is 14.3. The molecule has 106 valence electrons. The van der Waals surface area contributed by atoms with Crippen molar-refractivity contribution in [3.63, 3.8) is 0 Å². The van der Waals surface area contributed by atoms with Crippen LogP contribution in [0.1, 0.15) is 11.1 Å². The van der Waals surface area contributed by atoms with E-state index in [4.69, 9.17) is 0 Å². The Morgan fingerprint density at radius 1 is 0.905 bits per heavy atom. The summed E-state index contributed by atoms with van der Waals surface area (Å²) in [5, 5.41) is 4.23. The SMILES string of the molecule is c1ccc(NNCc2cccc(Cn3cccn3)c2)cc1. The Kier molecular flexibility index (Phi) is 4.29. The van der Waals surface area contributed by atoms with Crippen molar-refractivity contribution in [1.82, 2.24) is 15.2 Å². The number of benzene rings is 2. The second kappa shape index (κ2) is 6.72. The summed E-state index contributed by atoms with van der Waals surface area (Å²) in [6, 6.07) is 20.5. The van der Waals surface area contributed by atoms with Crippen molar-refractivity contribution in [1.29, 1.82) is 0 Å². The minimum Gasteiger partial charge on any atom is -0.321 e. The third kappa shape index (κ3) is 3.94. The van der Waals surface area contributed by atoms with Crippen LogP contribution < -0.4 is 10.9 Å². The molecule has 0 aliphatic heterocycles. The maximum atomic E-state index is 4.23. The highest BCUT2D eigenvalue weighted by Gasteiger charge is 1.98. The first kappa shape index (κ1) is 13.4. The van der Waals surface area contributed by atoms with Crippen molar-refractivity contribution in [2.75, 3.05) is 5.43 Å². The smallest absolute Gasteiger partial charge is 0.0659 e. The predicted molar refractivity (Wildman–Crippen MR) is 84.7 cm³/mol. The lowest BCUT2D eigenvalue weighted by Crippen LogP contribution is -2.20. The zero-order valence-electron chi connectivity index (χ0n) is 11.7. The van der Waals surface area contributed by atoms with E-state index in [1.165, 1.54) is 11.1 Å². The van der Waals surface area contributed by atoms with Crippen molar-refractivity contribution in [2.24, 2.45) is 0 Å². The van der Waals surface area contributed by atoms with Crippen LogP contribution in [0.3, 0.4) is 0 Å². The molecule has 0 saturated heterocycles. The third-order valence-electron chi connectivity index (χ3n) is 3.19. The van der Waals surface area contributed by atoms with Gasteiger partial charge >= 0.3 is 0 Å². The van der Waals surface area contributed by atoms with Crippen LogP contribution in [0.15, 0.2) is 73.1 Å². The standard InChI is InChI=1S/C17H18N4/c1-2-8-17(9-3-1)20-18-13-15-6-4-7-16(12-15)14-21-11-5-10-19-21/h1-12,18,20H,13-14H2. The van der Waals surface area contributed by atoms with Crippen molar-refractivity contribution in [3.05, 3.63) is 84.2 Å². The molecule has 1 heterocycles. The lowest BCUT2D eigenvalue weighted by Gasteiger charge is -2.09. The van der Waals surface area contributed by atoms with E-state index in [0.29, 0.717) is 0 Å². The number of nitrogens with zero attached hydrogens (tertiary/aromatic N) is 2. The van der Waals surface area contributed by atoms with Crippen LogP contribution in [0.2, 0.25) is 0 Å². The van der Waals surface area contributed by atoms with Gasteiger partial charge in [-0.1, -0.05) is 42.5 Å². The van der Waals surface area contributed by atoms with Gasteiger partial charge in [0.15, 0.2) is 0 Å². The molecule has 21 heavy (non-hydrogen) atoms. The summed E-state index contributed by atoms with van der Waals surface area (Å²) in [5.74, 6) is 0. The van der Waals surface area contributed by atoms with Gasteiger partial charge in [-0.05, 0) is 29.3 Å². The maximum absolute atomic E-state index is 4.23. The minimum absolute atomic E-state index is 0.766. The lowest BCUT2D eigenvalue weighted by atomic mass is 10.1. The van der Waals surface area contributed by atoms with Crippen LogP contribution in [0.25, 0.3) is 0 Å². The summed E-state index contributed by atoms with van der Waals surface area (Å²) in [6.45, 7) is 1.56. The van der Waals surface area contributed by atoms with Crippen LogP contribution >= 0.6 is 0 Å². The van der Waals surface area contributed by atoms with Gasteiger partial charge in [0.2, 0.25) is 0 Å². The van der Waals surface area contributed by atoms with Gasteiger partial charge in [-0.15, -0.1) is 0 Å². The molecule has 2 aromatic carbocycles. The number of anilines is 1. The molecule has 1 aromatic heterocycles. The van der Waals surface area contributed by atoms with Crippen molar-refractivity contribution in [3.8, 4) is 0 Å². The Hall–Kier alpha value is -2.59. The van der Waals surface area contributed by atoms with Gasteiger partial charge in [-0.25, -0.2) is 5.43 Å². The van der Waals surface area contributed by atoms with E-state index < -0.39 is 0 Å². The summed E-state index contributed by atoms with van der Waals surface area (Å²) >= 11 is 0. The molecule has 0 radical (unpaired) electrons. The number of rotatable bonds is 6. The highest BCUT2D eigenvalue weighted by atomic mass is 15.3. The molecule has 0 amide bonds. The highest BCUT2D eigenvalue weighted by molar-refractivity contribution is 5.41. The number of hydrazine groups is 1. The lowest BCUT2D eigenvalue weighted by molar-refractivity contribution is 0.685. The Morgan fingerprint density at radius 2 is 1.76 bits per heavy atom. The molecular weight excluding hydrogens is 260 g/mol. The molecule has 0 spiro atoms. The number of para-hydroxylation sites is 1. The summed E-state index contributed by atoms with van der Waals surface area (Å²) in [4.78, 5) is 0. The largest absolute Gasteiger partial charge is 0.321 e. The molecule has 0 fully saturated rings. The minimum atomic E-state index is 0.766. The Labute approximate surface area is 124 Å². The van der Waals surface area contributed by atoms with Crippen LogP contribution in [-0.4, -0.2) is 9.78 Å². The first-order valence-corrected chi connectivity index (χ1v) is 6.99. The fraction of sp³-hybridized carbons (Fsp3) is 0.118. The summed E-state index contributed by atoms with van der Waals surface area (Å²) < 4.78 is 1.93. The number of nitrogens with one attached hydrogen (secondary N) is 2. The van der Waals surface area contributed by atoms with Crippen LogP contribution in [-0.2, 0) is 13.1 Å². The van der Waals surface area contributed by atoms with Gasteiger partial charge in [0, 0.05) is 24.6 Å². The van der Waals surface area contributed by atoms with Gasteiger partial charge in [0.05, 0.1) is 6.54 Å². The Balaban J connectivity index is 1.56. The monoisotopic (exact) mass is 278 g/mol. The first-order chi connectivity index (χ1) is 10.4. The molecule has 4 nitrogen and oxygen atoms in total. The van der Waals surface area contributed by atoms with E-state index in [2.05, 4.69) is 40.2 Å². The molecule has 4 heteroatoms. The first-order valence-electron chi connectivity index (χ1n) is 6.99. The molecular formula is C17H18N4. The normalized spacial score (nSPS) is 10.5. The topological polar surface area (TPSA) is 41.9 Å². The number of hydrogen-bond acceptors (Lipinski definition) is 3. The summed E-state index contributed by atoms with van der Waals surface area (Å²) in [6.07, 6.45) is 3.77. The fourth-order valence-corrected chi connectivity index (χ4v) is 2.19. The molecule has 0 bridgehead atoms. The second-order valence-electron chi connectivity index (χ2n) is 4.87. The van der Waals surface area contributed by atoms with Gasteiger partial charge < -0.3 is 5.43 Å². The van der Waals surface area contributed by atoms with E-state index in [1.807, 2.05) is 47.3 Å². The molecule has 0 aliphatic carbocycles. The molecule has 0 unspecified atom stereocenters. The highest BCUT2D eigenvalue weighted by Crippen LogP contribution is 2.08. The van der Waals surface area contributed by atoms with Crippen molar-refractivity contribution < 1.29 is 0 Å². The Bertz CT molecular complexity index is 662. The van der Waals surface area contributed by atoms with E-state index in [-0.39, 0.29) is 0 Å². The van der Waals surface area contributed by atoms with Gasteiger partial charge in [0.25, 0.3) is 0 Å². The van der Waals surface area contributed by atoms with E-state index >= 15 is 0 Å². The predicted octanol–water partition coefficient (Wildman–Crippen LogP) is 3.05. The van der Waals surface area contributed by atoms with E-state index in [1.54, 1.807) is 6.20 Å². The van der Waals surface area contributed by atoms with Gasteiger partial charge in [-0.3, -0.25) is 4.68 Å². The maximum Gasteiger partial charge on any atom is 0.0659 e. The summed E-state index contributed by atoms with van der Waals surface area (Å²) in [5.41, 5.74) is 9.97. The van der Waals surface area contributed by atoms with Crippen LogP contribution in [0, 0.1) is 0 Å². The fourth-order valence-electron chi connectivity index (χ4n) is 2.19. The average molecular weight is 278 g/mol. The van der Waals surface area contributed by atoms with Gasteiger partial charge in [0.1, 0.15) is 0 Å². The van der Waals surface area contributed by atoms with Crippen LogP contribution in [0.5, 0.6) is 0 Å². The molecule has 0 saturated carbocycles. The van der Waals surface area contributed by atoms with Gasteiger partial charge in [-0.2, -0.15) is 5.10 Å². The molecule has 0 atom stereocenters. The van der Waals surface area contributed by atoms with E-state index in [0.717, 1.165) is 18.8 Å². The number of hydrogen-bond donors (Lipinski definition) is 2. The second-order valence-corrected chi connectivity index (χ2v) is 4.87. The molecule has 2 N–H and O–H groups in total. The third-order valence-corrected chi connectivity index (χ3v) is 3.19. The van der Waals surface area contributed by atoms with E-state index in [9.17, 15) is 0 Å². The van der Waals surface area contributed by atoms with Crippen molar-refractivity contribution >= 4 is 5.69 Å². The quantitative estimate of drug-likeness (QED) is 0.681. The van der Waals surface area contributed by atoms with Crippen LogP contribution in [0.4, 0.5) is 5.69 Å². The molecule has 3 aromatic rings. The average Bonchev–Trinajstić information content (AvgIpc) is 3.02. The number of aromatic nitrogens is 2.